The molecule has 2 aromatic rings. The highest BCUT2D eigenvalue weighted by Crippen LogP contribution is 2.19. The third-order valence-electron chi connectivity index (χ3n) is 3.61. The fourth-order valence-electron chi connectivity index (χ4n) is 2.53. The normalized spacial score (nSPS) is 12.0. The summed E-state index contributed by atoms with van der Waals surface area (Å²) in [6.45, 7) is 5.36. The molecule has 0 aliphatic heterocycles. The van der Waals surface area contributed by atoms with Crippen LogP contribution in [0.3, 0.4) is 0 Å². The molecule has 1 aromatic heterocycles. The minimum absolute atomic E-state index is 0.0857. The van der Waals surface area contributed by atoms with Gasteiger partial charge in [-0.2, -0.15) is 0 Å². The van der Waals surface area contributed by atoms with Crippen LogP contribution in [-0.2, 0) is 25.5 Å². The Morgan fingerprint density at radius 3 is 2.56 bits per heavy atom. The molecule has 7 nitrogen and oxygen atoms in total. The van der Waals surface area contributed by atoms with Crippen LogP contribution in [0.25, 0.3) is 10.9 Å². The van der Waals surface area contributed by atoms with Crippen LogP contribution >= 0.6 is 0 Å². The number of esters is 1. The number of nitrogens with one attached hydrogen (secondary N) is 3. The molecule has 2 rings (SSSR count). The Kier molecular flexibility index (Phi) is 6.16. The fraction of sp³-hybridized carbons (Fsp3) is 0.389. The number of aromatic amines is 1. The molecule has 1 heterocycles. The highest BCUT2D eigenvalue weighted by Gasteiger charge is 2.26. The zero-order valence-corrected chi connectivity index (χ0v) is 14.6. The number of fused-ring (bicyclic) bond motifs is 1. The molecular formula is C18H23N3O4. The number of hydrogen-bond acceptors (Lipinski definition) is 4. The molecule has 0 unspecified atom stereocenters. The van der Waals surface area contributed by atoms with Gasteiger partial charge in [0.05, 0.1) is 6.61 Å². The third kappa shape index (κ3) is 4.82. The van der Waals surface area contributed by atoms with E-state index in [1.54, 1.807) is 13.1 Å². The second kappa shape index (κ2) is 8.32. The Hall–Kier alpha value is -2.83. The summed E-state index contributed by atoms with van der Waals surface area (Å²) in [5.41, 5.74) is 1.82. The van der Waals surface area contributed by atoms with Crippen LogP contribution in [0, 0.1) is 0 Å². The van der Waals surface area contributed by atoms with Gasteiger partial charge >= 0.3 is 11.9 Å². The molecule has 25 heavy (non-hydrogen) atoms. The Morgan fingerprint density at radius 1 is 1.16 bits per heavy atom. The maximum absolute atomic E-state index is 12.4. The van der Waals surface area contributed by atoms with Gasteiger partial charge in [-0.05, 0) is 32.4 Å². The zero-order valence-electron chi connectivity index (χ0n) is 14.6. The number of hydrogen-bond donors (Lipinski definition) is 3. The van der Waals surface area contributed by atoms with Crippen LogP contribution in [0.1, 0.15) is 26.3 Å². The van der Waals surface area contributed by atoms with Crippen molar-refractivity contribution < 1.29 is 19.1 Å². The predicted molar refractivity (Wildman–Crippen MR) is 93.8 cm³/mol. The number of carbonyl (C=O) groups excluding carboxylic acids is 3. The smallest absolute Gasteiger partial charge is 0.396 e. The molecule has 0 saturated carbocycles. The van der Waals surface area contributed by atoms with Crippen LogP contribution < -0.4 is 10.6 Å². The van der Waals surface area contributed by atoms with E-state index in [1.165, 1.54) is 0 Å². The lowest BCUT2D eigenvalue weighted by Crippen LogP contribution is -2.51. The van der Waals surface area contributed by atoms with Gasteiger partial charge in [-0.25, -0.2) is 4.79 Å². The molecule has 0 bridgehead atoms. The zero-order chi connectivity index (χ0) is 18.4. The summed E-state index contributed by atoms with van der Waals surface area (Å²) in [5.74, 6) is -2.27. The summed E-state index contributed by atoms with van der Waals surface area (Å²) in [4.78, 5) is 39.1. The van der Waals surface area contributed by atoms with Gasteiger partial charge in [0.2, 0.25) is 5.91 Å². The lowest BCUT2D eigenvalue weighted by Gasteiger charge is -2.19. The van der Waals surface area contributed by atoms with Crippen molar-refractivity contribution in [3.63, 3.8) is 0 Å². The van der Waals surface area contributed by atoms with Gasteiger partial charge in [0.15, 0.2) is 0 Å². The Labute approximate surface area is 146 Å². The molecule has 2 amide bonds. The number of rotatable bonds is 6. The molecule has 0 fully saturated rings. The van der Waals surface area contributed by atoms with Gasteiger partial charge in [-0.1, -0.05) is 18.2 Å². The van der Waals surface area contributed by atoms with E-state index in [4.69, 9.17) is 0 Å². The van der Waals surface area contributed by atoms with Crippen molar-refractivity contribution in [3.05, 3.63) is 36.0 Å². The number of aromatic nitrogens is 1. The Bertz CT molecular complexity index is 767. The van der Waals surface area contributed by atoms with Crippen molar-refractivity contribution in [2.45, 2.75) is 39.3 Å². The number of carbonyl (C=O) groups is 3. The first-order valence-corrected chi connectivity index (χ1v) is 8.25. The quantitative estimate of drug-likeness (QED) is 0.542. The number of para-hydroxylation sites is 1. The van der Waals surface area contributed by atoms with E-state index in [0.717, 1.165) is 16.5 Å². The molecule has 7 heteroatoms. The van der Waals surface area contributed by atoms with Crippen LogP contribution in [0.4, 0.5) is 0 Å². The van der Waals surface area contributed by atoms with E-state index >= 15 is 0 Å². The van der Waals surface area contributed by atoms with Gasteiger partial charge in [0, 0.05) is 29.6 Å². The van der Waals surface area contributed by atoms with E-state index in [0.29, 0.717) is 0 Å². The van der Waals surface area contributed by atoms with E-state index in [9.17, 15) is 14.4 Å². The molecule has 3 N–H and O–H groups in total. The number of amides is 2. The second-order valence-electron chi connectivity index (χ2n) is 5.97. The van der Waals surface area contributed by atoms with Gasteiger partial charge in [0.1, 0.15) is 6.04 Å². The second-order valence-corrected chi connectivity index (χ2v) is 5.97. The van der Waals surface area contributed by atoms with Crippen molar-refractivity contribution >= 4 is 28.7 Å². The first-order valence-electron chi connectivity index (χ1n) is 8.25. The lowest BCUT2D eigenvalue weighted by atomic mass is 10.0. The highest BCUT2D eigenvalue weighted by atomic mass is 16.5. The van der Waals surface area contributed by atoms with Crippen molar-refractivity contribution in [1.29, 1.82) is 0 Å². The van der Waals surface area contributed by atoms with Gasteiger partial charge < -0.3 is 20.4 Å². The molecule has 0 saturated heterocycles. The minimum Gasteiger partial charge on any atom is -0.459 e. The fourth-order valence-corrected chi connectivity index (χ4v) is 2.53. The monoisotopic (exact) mass is 345 g/mol. The molecule has 1 aromatic carbocycles. The van der Waals surface area contributed by atoms with E-state index in [2.05, 4.69) is 20.4 Å². The summed E-state index contributed by atoms with van der Waals surface area (Å²) in [7, 11) is 0. The van der Waals surface area contributed by atoms with Gasteiger partial charge in [0.25, 0.3) is 0 Å². The van der Waals surface area contributed by atoms with E-state index < -0.39 is 17.9 Å². The molecule has 0 radical (unpaired) electrons. The number of H-pyrrole nitrogens is 1. The first kappa shape index (κ1) is 18.5. The molecule has 0 aliphatic rings. The third-order valence-corrected chi connectivity index (χ3v) is 3.61. The Balaban J connectivity index is 2.20. The van der Waals surface area contributed by atoms with Crippen molar-refractivity contribution in [1.82, 2.24) is 15.6 Å². The summed E-state index contributed by atoms with van der Waals surface area (Å²) < 4.78 is 4.68. The van der Waals surface area contributed by atoms with E-state index in [1.807, 2.05) is 38.1 Å². The number of ether oxygens (including phenoxy) is 1. The van der Waals surface area contributed by atoms with Crippen molar-refractivity contribution in [2.24, 2.45) is 0 Å². The summed E-state index contributed by atoms with van der Waals surface area (Å²) in [6, 6.07) is 6.72. The average Bonchev–Trinajstić information content (AvgIpc) is 2.97. The molecule has 134 valence electrons. The predicted octanol–water partition coefficient (Wildman–Crippen LogP) is 1.28. The highest BCUT2D eigenvalue weighted by molar-refractivity contribution is 6.32. The molecular weight excluding hydrogens is 322 g/mol. The molecule has 1 atom stereocenters. The average molecular weight is 345 g/mol. The summed E-state index contributed by atoms with van der Waals surface area (Å²) in [5, 5.41) is 6.20. The standard InChI is InChI=1S/C18H23N3O4/c1-4-25-18(24)17(23)21-15(16(22)20-11(2)3)9-12-10-19-14-8-6-5-7-13(12)14/h5-8,10-11,15,19H,4,9H2,1-3H3,(H,20,22)(H,21,23)/t15-/m0/s1. The molecule has 0 aliphatic carbocycles. The summed E-state index contributed by atoms with van der Waals surface area (Å²) in [6.07, 6.45) is 2.06. The largest absolute Gasteiger partial charge is 0.459 e. The summed E-state index contributed by atoms with van der Waals surface area (Å²) >= 11 is 0. The van der Waals surface area contributed by atoms with Gasteiger partial charge in [-0.3, -0.25) is 9.59 Å². The lowest BCUT2D eigenvalue weighted by molar-refractivity contribution is -0.155. The van der Waals surface area contributed by atoms with Crippen molar-refractivity contribution in [3.8, 4) is 0 Å². The maximum Gasteiger partial charge on any atom is 0.396 e. The van der Waals surface area contributed by atoms with Gasteiger partial charge in [-0.15, -0.1) is 0 Å². The topological polar surface area (TPSA) is 100 Å². The van der Waals surface area contributed by atoms with Crippen LogP contribution in [-0.4, -0.2) is 41.5 Å². The maximum atomic E-state index is 12.4. The van der Waals surface area contributed by atoms with E-state index in [-0.39, 0.29) is 25.0 Å². The molecule has 0 spiro atoms. The van der Waals surface area contributed by atoms with Crippen molar-refractivity contribution in [2.75, 3.05) is 6.61 Å². The Morgan fingerprint density at radius 2 is 1.88 bits per heavy atom. The van der Waals surface area contributed by atoms with Crippen LogP contribution in [0.15, 0.2) is 30.5 Å². The SMILES string of the molecule is CCOC(=O)C(=O)N[C@@H](Cc1c[nH]c2ccccc12)C(=O)NC(C)C. The van der Waals surface area contributed by atoms with Crippen LogP contribution in [0.2, 0.25) is 0 Å². The number of benzene rings is 1. The van der Waals surface area contributed by atoms with Crippen LogP contribution in [0.5, 0.6) is 0 Å². The minimum atomic E-state index is -0.997. The first-order chi connectivity index (χ1) is 11.9.